The zero-order valence-corrected chi connectivity index (χ0v) is 15.3. The molecule has 1 spiro atoms. The summed E-state index contributed by atoms with van der Waals surface area (Å²) in [5.74, 6) is 0.658. The number of hydrogen-bond donors (Lipinski definition) is 2. The summed E-state index contributed by atoms with van der Waals surface area (Å²) in [6.07, 6.45) is 5.08. The topological polar surface area (TPSA) is 63.2 Å². The molecule has 1 fully saturated rings. The Balaban J connectivity index is 1.96. The van der Waals surface area contributed by atoms with Gasteiger partial charge in [-0.3, -0.25) is 0 Å². The average Bonchev–Trinajstić information content (AvgIpc) is 2.79. The number of nitrogens with zero attached hydrogens (tertiary/aromatic N) is 1. The van der Waals surface area contributed by atoms with Gasteiger partial charge in [-0.15, -0.1) is 0 Å². The van der Waals surface area contributed by atoms with Gasteiger partial charge in [0.2, 0.25) is 5.88 Å². The minimum absolute atomic E-state index is 0.0954. The maximum atomic E-state index is 12.7. The summed E-state index contributed by atoms with van der Waals surface area (Å²) in [5.41, 5.74) is 2.59. The maximum Gasteiger partial charge on any atom is 0.213 e. The van der Waals surface area contributed by atoms with Crippen molar-refractivity contribution in [3.05, 3.63) is 23.4 Å². The predicted molar refractivity (Wildman–Crippen MR) is 92.8 cm³/mol. The molecule has 2 aliphatic rings. The second-order valence-corrected chi connectivity index (χ2v) is 9.64. The molecule has 1 saturated heterocycles. The monoisotopic (exact) mass is 337 g/mol. The lowest BCUT2D eigenvalue weighted by molar-refractivity contribution is 0.164. The van der Waals surface area contributed by atoms with Crippen LogP contribution in [0, 0.1) is 5.41 Å². The Hall–Kier alpha value is -0.980. The Morgan fingerprint density at radius 3 is 2.70 bits per heavy atom. The fourth-order valence-electron chi connectivity index (χ4n) is 3.68. The van der Waals surface area contributed by atoms with Gasteiger partial charge in [-0.25, -0.2) is 13.9 Å². The first kappa shape index (κ1) is 16.9. The first-order valence-corrected chi connectivity index (χ1v) is 9.42. The van der Waals surface area contributed by atoms with Crippen molar-refractivity contribution >= 4 is 11.0 Å². The number of piperidine rings is 1. The molecule has 2 heterocycles. The number of fused-ring (bicyclic) bond motifs is 1. The van der Waals surface area contributed by atoms with E-state index in [2.05, 4.69) is 15.0 Å². The molecule has 6 heteroatoms. The summed E-state index contributed by atoms with van der Waals surface area (Å²) in [6, 6.07) is 2.14. The quantitative estimate of drug-likeness (QED) is 0.887. The molecule has 0 aromatic carbocycles. The summed E-state index contributed by atoms with van der Waals surface area (Å²) in [4.78, 5) is 4.39. The van der Waals surface area contributed by atoms with Gasteiger partial charge >= 0.3 is 0 Å². The van der Waals surface area contributed by atoms with Crippen molar-refractivity contribution in [1.82, 2.24) is 15.0 Å². The minimum Gasteiger partial charge on any atom is -0.481 e. The molecular formula is C17H27N3O2S. The molecule has 0 radical (unpaired) electrons. The summed E-state index contributed by atoms with van der Waals surface area (Å²) < 4.78 is 21.2. The van der Waals surface area contributed by atoms with Gasteiger partial charge < -0.3 is 10.1 Å². The predicted octanol–water partition coefficient (Wildman–Crippen LogP) is 2.11. The fourth-order valence-corrected chi connectivity index (χ4v) is 4.63. The van der Waals surface area contributed by atoms with Crippen molar-refractivity contribution in [2.24, 2.45) is 5.41 Å². The average molecular weight is 337 g/mol. The van der Waals surface area contributed by atoms with Gasteiger partial charge in [-0.05, 0) is 69.7 Å². The van der Waals surface area contributed by atoms with Crippen molar-refractivity contribution in [2.45, 2.75) is 50.8 Å². The van der Waals surface area contributed by atoms with Gasteiger partial charge in [0.15, 0.2) is 0 Å². The first-order valence-electron chi connectivity index (χ1n) is 8.27. The van der Waals surface area contributed by atoms with Crippen LogP contribution in [0.15, 0.2) is 12.3 Å². The van der Waals surface area contributed by atoms with Crippen LogP contribution in [0.4, 0.5) is 0 Å². The number of nitrogens with one attached hydrogen (secondary N) is 2. The number of methoxy groups -OCH3 is 1. The fraction of sp³-hybridized carbons (Fsp3) is 0.706. The van der Waals surface area contributed by atoms with Gasteiger partial charge in [0.25, 0.3) is 0 Å². The van der Waals surface area contributed by atoms with E-state index in [0.717, 1.165) is 32.4 Å². The highest BCUT2D eigenvalue weighted by atomic mass is 32.2. The number of aromatic nitrogens is 1. The van der Waals surface area contributed by atoms with Crippen LogP contribution in [0.3, 0.4) is 0 Å². The Morgan fingerprint density at radius 2 is 2.09 bits per heavy atom. The highest BCUT2D eigenvalue weighted by molar-refractivity contribution is 7.84. The second kappa shape index (κ2) is 6.15. The lowest BCUT2D eigenvalue weighted by Gasteiger charge is -2.40. The molecular weight excluding hydrogens is 310 g/mol. The van der Waals surface area contributed by atoms with Crippen LogP contribution in [0.1, 0.15) is 50.8 Å². The molecule has 1 aromatic heterocycles. The zero-order chi connectivity index (χ0) is 16.7. The van der Waals surface area contributed by atoms with Crippen LogP contribution in [-0.2, 0) is 17.4 Å². The van der Waals surface area contributed by atoms with Crippen LogP contribution in [0.2, 0.25) is 0 Å². The standard InChI is InChI=1S/C17H27N3O2S/c1-16(2,3)23(21)20-15-13-11-19-14(22-4)9-12(13)10-17(15)5-7-18-8-6-17/h9,11,15,18,20H,5-8,10H2,1-4H3/t15-,23?/m1/s1. The van der Waals surface area contributed by atoms with Gasteiger partial charge in [-0.2, -0.15) is 0 Å². The van der Waals surface area contributed by atoms with Crippen molar-refractivity contribution in [2.75, 3.05) is 20.2 Å². The van der Waals surface area contributed by atoms with E-state index in [9.17, 15) is 4.21 Å². The smallest absolute Gasteiger partial charge is 0.213 e. The zero-order valence-electron chi connectivity index (χ0n) is 14.4. The van der Waals surface area contributed by atoms with Gasteiger partial charge in [-0.1, -0.05) is 0 Å². The van der Waals surface area contributed by atoms with Gasteiger partial charge in [0.1, 0.15) is 0 Å². The first-order chi connectivity index (χ1) is 10.9. The largest absolute Gasteiger partial charge is 0.481 e. The molecule has 2 atom stereocenters. The van der Waals surface area contributed by atoms with Crippen LogP contribution in [0.25, 0.3) is 0 Å². The van der Waals surface area contributed by atoms with Gasteiger partial charge in [0, 0.05) is 12.3 Å². The van der Waals surface area contributed by atoms with Crippen molar-refractivity contribution < 1.29 is 8.95 Å². The molecule has 5 nitrogen and oxygen atoms in total. The molecule has 1 aliphatic carbocycles. The molecule has 128 valence electrons. The molecule has 3 rings (SSSR count). The number of hydrogen-bond acceptors (Lipinski definition) is 4. The third kappa shape index (κ3) is 3.16. The van der Waals surface area contributed by atoms with Crippen molar-refractivity contribution in [3.63, 3.8) is 0 Å². The van der Waals surface area contributed by atoms with E-state index in [0.29, 0.717) is 5.88 Å². The lowest BCUT2D eigenvalue weighted by Crippen LogP contribution is -2.46. The lowest BCUT2D eigenvalue weighted by atomic mass is 9.73. The molecule has 2 N–H and O–H groups in total. The van der Waals surface area contributed by atoms with E-state index in [-0.39, 0.29) is 16.2 Å². The summed E-state index contributed by atoms with van der Waals surface area (Å²) in [5, 5.41) is 3.45. The second-order valence-electron chi connectivity index (χ2n) is 7.65. The van der Waals surface area contributed by atoms with E-state index >= 15 is 0 Å². The summed E-state index contributed by atoms with van der Waals surface area (Å²) in [7, 11) is 0.548. The molecule has 0 bridgehead atoms. The van der Waals surface area contributed by atoms with Crippen LogP contribution >= 0.6 is 0 Å². The highest BCUT2D eigenvalue weighted by Crippen LogP contribution is 2.51. The molecule has 1 aliphatic heterocycles. The van der Waals surface area contributed by atoms with Crippen molar-refractivity contribution in [1.29, 1.82) is 0 Å². The number of rotatable bonds is 3. The SMILES string of the molecule is COc1cc2c(cn1)[C@@H](NS(=O)C(C)(C)C)C1(CCNCC1)C2. The molecule has 23 heavy (non-hydrogen) atoms. The Labute approximate surface area is 141 Å². The third-order valence-electron chi connectivity index (χ3n) is 5.05. The molecule has 1 unspecified atom stereocenters. The minimum atomic E-state index is -1.10. The number of ether oxygens (including phenoxy) is 1. The van der Waals surface area contributed by atoms with Crippen molar-refractivity contribution in [3.8, 4) is 5.88 Å². The van der Waals surface area contributed by atoms with Crippen LogP contribution in [0.5, 0.6) is 5.88 Å². The van der Waals surface area contributed by atoms with Gasteiger partial charge in [0.05, 0.1) is 28.9 Å². The van der Waals surface area contributed by atoms with Crippen LogP contribution in [-0.4, -0.2) is 34.1 Å². The van der Waals surface area contributed by atoms with E-state index in [1.54, 1.807) is 7.11 Å². The van der Waals surface area contributed by atoms with E-state index < -0.39 is 11.0 Å². The van der Waals surface area contributed by atoms with Crippen LogP contribution < -0.4 is 14.8 Å². The Kier molecular flexibility index (Phi) is 4.51. The molecule has 1 aromatic rings. The molecule has 0 saturated carbocycles. The summed E-state index contributed by atoms with van der Waals surface area (Å²) >= 11 is 0. The van der Waals surface area contributed by atoms with E-state index in [4.69, 9.17) is 4.74 Å². The molecule has 0 amide bonds. The highest BCUT2D eigenvalue weighted by Gasteiger charge is 2.48. The Bertz CT molecular complexity index is 606. The maximum absolute atomic E-state index is 12.7. The Morgan fingerprint density at radius 1 is 1.39 bits per heavy atom. The van der Waals surface area contributed by atoms with E-state index in [1.165, 1.54) is 11.1 Å². The third-order valence-corrected chi connectivity index (χ3v) is 6.62. The number of pyridine rings is 1. The van der Waals surface area contributed by atoms with E-state index in [1.807, 2.05) is 33.0 Å². The summed E-state index contributed by atoms with van der Waals surface area (Å²) in [6.45, 7) is 8.05. The normalized spacial score (nSPS) is 24.4.